The summed E-state index contributed by atoms with van der Waals surface area (Å²) < 4.78 is 35.4. The van der Waals surface area contributed by atoms with Crippen LogP contribution < -0.4 is 28.4 Å². The van der Waals surface area contributed by atoms with Crippen LogP contribution in [0.4, 0.5) is 0 Å². The van der Waals surface area contributed by atoms with Gasteiger partial charge >= 0.3 is 0 Å². The van der Waals surface area contributed by atoms with E-state index in [0.717, 1.165) is 44.5 Å². The normalized spacial score (nSPS) is 13.1. The lowest BCUT2D eigenvalue weighted by Crippen LogP contribution is -2.36. The van der Waals surface area contributed by atoms with E-state index < -0.39 is 24.2 Å². The van der Waals surface area contributed by atoms with Crippen molar-refractivity contribution >= 4 is 0 Å². The Kier molecular flexibility index (Phi) is 16.3. The summed E-state index contributed by atoms with van der Waals surface area (Å²) in [7, 11) is 9.80. The molecule has 7 aromatic rings. The second-order valence-corrected chi connectivity index (χ2v) is 15.9. The maximum Gasteiger partial charge on any atom is 0.130 e. The topological polar surface area (TPSA) is 102 Å². The van der Waals surface area contributed by atoms with E-state index in [1.807, 2.05) is 97.1 Å². The van der Waals surface area contributed by atoms with Crippen molar-refractivity contribution in [1.29, 1.82) is 0 Å². The molecule has 66 heavy (non-hydrogen) atoms. The zero-order chi connectivity index (χ0) is 46.4. The molecule has 0 radical (unpaired) electrons. The van der Waals surface area contributed by atoms with E-state index in [9.17, 15) is 10.2 Å². The van der Waals surface area contributed by atoms with Crippen LogP contribution in [0.1, 0.15) is 68.7 Å². The van der Waals surface area contributed by atoms with Gasteiger partial charge in [-0.05, 0) is 33.4 Å². The van der Waals surface area contributed by atoms with Gasteiger partial charge in [0, 0.05) is 37.4 Å². The Hall–Kier alpha value is -6.82. The first-order chi connectivity index (χ1) is 32.4. The molecule has 0 amide bonds. The summed E-state index contributed by atoms with van der Waals surface area (Å²) >= 11 is 0. The highest BCUT2D eigenvalue weighted by molar-refractivity contribution is 5.53. The Labute approximate surface area is 389 Å². The van der Waals surface area contributed by atoms with Crippen LogP contribution in [-0.4, -0.2) is 75.9 Å². The van der Waals surface area contributed by atoms with Gasteiger partial charge in [0.15, 0.2) is 0 Å². The van der Waals surface area contributed by atoms with Crippen molar-refractivity contribution in [2.24, 2.45) is 0 Å². The van der Waals surface area contributed by atoms with Gasteiger partial charge in [-0.25, -0.2) is 0 Å². The minimum absolute atomic E-state index is 0.172. The van der Waals surface area contributed by atoms with E-state index in [1.165, 1.54) is 0 Å². The Balaban J connectivity index is 1.48. The number of methoxy groups -OCH3 is 6. The van der Waals surface area contributed by atoms with E-state index >= 15 is 0 Å². The lowest BCUT2D eigenvalue weighted by molar-refractivity contribution is 0.0851. The molecule has 0 aliphatic carbocycles. The summed E-state index contributed by atoms with van der Waals surface area (Å²) in [6.45, 7) is 0.308. The molecule has 4 atom stereocenters. The number of benzene rings is 7. The average molecular weight is 889 g/mol. The van der Waals surface area contributed by atoms with Crippen LogP contribution in [-0.2, 0) is 13.1 Å². The van der Waals surface area contributed by atoms with Crippen molar-refractivity contribution < 1.29 is 38.6 Å². The number of ether oxygens (including phenoxy) is 6. The lowest BCUT2D eigenvalue weighted by Gasteiger charge is -2.41. The Morgan fingerprint density at radius 2 is 0.636 bits per heavy atom. The Morgan fingerprint density at radius 3 is 0.909 bits per heavy atom. The van der Waals surface area contributed by atoms with Gasteiger partial charge in [0.2, 0.25) is 0 Å². The molecule has 0 saturated heterocycles. The molecule has 2 N–H and O–H groups in total. The molecule has 0 aliphatic heterocycles. The molecule has 0 aliphatic rings. The number of hydrogen-bond donors (Lipinski definition) is 2. The fourth-order valence-corrected chi connectivity index (χ4v) is 9.07. The Bertz CT molecular complexity index is 2350. The third-order valence-electron chi connectivity index (χ3n) is 12.3. The largest absolute Gasteiger partial charge is 0.496 e. The predicted molar refractivity (Wildman–Crippen MR) is 259 cm³/mol. The highest BCUT2D eigenvalue weighted by atomic mass is 16.5. The third kappa shape index (κ3) is 10.5. The van der Waals surface area contributed by atoms with Crippen molar-refractivity contribution in [2.45, 2.75) is 37.3 Å². The molecule has 342 valence electrons. The summed E-state index contributed by atoms with van der Waals surface area (Å²) in [5, 5.41) is 23.1. The standard InChI is InChI=1S/C56H60N2O8/c1-61-45-31-51(63-3)47(52(32-45)64-4)35-57(49(37-59)39-20-11-7-12-21-39)55(41-24-15-9-16-25-41)43-28-19-29-44(30-43)56(42-26-17-10-18-27-42)58(50(38-60)40-22-13-8-14-23-40)36-48-53(65-5)33-46(62-2)34-54(48)66-6/h7-34,49-50,55-56,59-60H,35-38H2,1-6H3/t49-,50-,55+,56+/m0/s1. The number of aliphatic hydroxyl groups is 2. The third-order valence-corrected chi connectivity index (χ3v) is 12.3. The highest BCUT2D eigenvalue weighted by Gasteiger charge is 2.35. The second kappa shape index (κ2) is 22.9. The molecule has 0 spiro atoms. The first-order valence-corrected chi connectivity index (χ1v) is 22.0. The van der Waals surface area contributed by atoms with Gasteiger partial charge in [0.05, 0.1) is 91.2 Å². The van der Waals surface area contributed by atoms with E-state index in [0.29, 0.717) is 47.6 Å². The lowest BCUT2D eigenvalue weighted by atomic mass is 9.88. The SMILES string of the molecule is COc1cc(OC)c(CN([C@H](c2ccccc2)c2cccc([C@@H](c3ccccc3)N(Cc3c(OC)cc(OC)cc3OC)[C@@H](CO)c3ccccc3)c2)[C@@H](CO)c2ccccc2)c(OC)c1. The number of aliphatic hydroxyl groups excluding tert-OH is 2. The van der Waals surface area contributed by atoms with Crippen LogP contribution in [0.3, 0.4) is 0 Å². The fraction of sp³-hybridized carbons (Fsp3) is 0.250. The summed E-state index contributed by atoms with van der Waals surface area (Å²) in [5.41, 5.74) is 7.53. The quantitative estimate of drug-likeness (QED) is 0.0684. The van der Waals surface area contributed by atoms with Crippen LogP contribution in [0, 0.1) is 0 Å². The monoisotopic (exact) mass is 888 g/mol. The van der Waals surface area contributed by atoms with Gasteiger partial charge in [-0.2, -0.15) is 0 Å². The van der Waals surface area contributed by atoms with Gasteiger partial charge in [0.25, 0.3) is 0 Å². The molecule has 0 unspecified atom stereocenters. The average Bonchev–Trinajstić information content (AvgIpc) is 3.38. The number of nitrogens with zero attached hydrogens (tertiary/aromatic N) is 2. The van der Waals surface area contributed by atoms with E-state index in [-0.39, 0.29) is 13.2 Å². The smallest absolute Gasteiger partial charge is 0.130 e. The maximum atomic E-state index is 11.5. The predicted octanol–water partition coefficient (Wildman–Crippen LogP) is 10.4. The molecular formula is C56H60N2O8. The first kappa shape index (κ1) is 47.2. The number of rotatable bonds is 22. The molecule has 0 saturated carbocycles. The Morgan fingerprint density at radius 1 is 0.348 bits per heavy atom. The summed E-state index contributed by atoms with van der Waals surface area (Å²) in [6, 6.07) is 55.3. The van der Waals surface area contributed by atoms with Gasteiger partial charge < -0.3 is 38.6 Å². The van der Waals surface area contributed by atoms with Crippen molar-refractivity contribution in [1.82, 2.24) is 9.80 Å². The number of hydrogen-bond acceptors (Lipinski definition) is 10. The van der Waals surface area contributed by atoms with Crippen molar-refractivity contribution in [3.63, 3.8) is 0 Å². The van der Waals surface area contributed by atoms with Crippen LogP contribution in [0.5, 0.6) is 34.5 Å². The summed E-state index contributed by atoms with van der Waals surface area (Å²) in [6.07, 6.45) is 0. The van der Waals surface area contributed by atoms with E-state index in [4.69, 9.17) is 28.4 Å². The first-order valence-electron chi connectivity index (χ1n) is 22.0. The van der Waals surface area contributed by atoms with Crippen molar-refractivity contribution in [3.8, 4) is 34.5 Å². The molecular weight excluding hydrogens is 829 g/mol. The van der Waals surface area contributed by atoms with Crippen molar-refractivity contribution in [3.05, 3.63) is 214 Å². The van der Waals surface area contributed by atoms with Gasteiger partial charge in [-0.1, -0.05) is 146 Å². The zero-order valence-corrected chi connectivity index (χ0v) is 38.5. The molecule has 0 fully saturated rings. The van der Waals surface area contributed by atoms with Crippen molar-refractivity contribution in [2.75, 3.05) is 55.9 Å². The second-order valence-electron chi connectivity index (χ2n) is 15.9. The molecule has 0 heterocycles. The van der Waals surface area contributed by atoms with E-state index in [1.54, 1.807) is 42.7 Å². The van der Waals surface area contributed by atoms with Crippen LogP contribution in [0.25, 0.3) is 0 Å². The molecule has 7 rings (SSSR count). The molecule has 0 aromatic heterocycles. The van der Waals surface area contributed by atoms with E-state index in [2.05, 4.69) is 82.6 Å². The summed E-state index contributed by atoms with van der Waals surface area (Å²) in [4.78, 5) is 4.64. The van der Waals surface area contributed by atoms with Crippen LogP contribution in [0.15, 0.2) is 170 Å². The fourth-order valence-electron chi connectivity index (χ4n) is 9.07. The minimum atomic E-state index is -0.468. The molecule has 10 nitrogen and oxygen atoms in total. The van der Waals surface area contributed by atoms with Gasteiger partial charge in [-0.3, -0.25) is 9.80 Å². The van der Waals surface area contributed by atoms with Gasteiger partial charge in [-0.15, -0.1) is 0 Å². The minimum Gasteiger partial charge on any atom is -0.496 e. The maximum absolute atomic E-state index is 11.5. The summed E-state index contributed by atoms with van der Waals surface area (Å²) in [5.74, 6) is 3.60. The van der Waals surface area contributed by atoms with Crippen LogP contribution in [0.2, 0.25) is 0 Å². The molecule has 7 aromatic carbocycles. The van der Waals surface area contributed by atoms with Crippen LogP contribution >= 0.6 is 0 Å². The molecule has 0 bridgehead atoms. The highest BCUT2D eigenvalue weighted by Crippen LogP contribution is 2.45. The molecule has 10 heteroatoms. The van der Waals surface area contributed by atoms with Gasteiger partial charge in [0.1, 0.15) is 34.5 Å². The zero-order valence-electron chi connectivity index (χ0n) is 38.5.